The fraction of sp³-hybridized carbons (Fsp3) is 0.300. The number of benzene rings is 2. The first-order valence-electron chi connectivity index (χ1n) is 8.50. The van der Waals surface area contributed by atoms with E-state index in [0.717, 1.165) is 11.1 Å². The van der Waals surface area contributed by atoms with Crippen LogP contribution in [-0.4, -0.2) is 9.13 Å². The molecular formula is C20H20N2O2. The molecule has 0 unspecified atom stereocenters. The van der Waals surface area contributed by atoms with Gasteiger partial charge in [-0.15, -0.1) is 0 Å². The van der Waals surface area contributed by atoms with Gasteiger partial charge in [-0.2, -0.15) is 0 Å². The molecule has 0 aliphatic heterocycles. The van der Waals surface area contributed by atoms with E-state index in [1.807, 2.05) is 54.6 Å². The fourth-order valence-electron chi connectivity index (χ4n) is 3.39. The smallest absolute Gasteiger partial charge is 0.293 e. The summed E-state index contributed by atoms with van der Waals surface area (Å²) in [5, 5.41) is 0.618. The summed E-state index contributed by atoms with van der Waals surface area (Å²) in [6, 6.07) is 17.1. The summed E-state index contributed by atoms with van der Waals surface area (Å²) in [7, 11) is 0. The largest absolute Gasteiger partial charge is 0.331 e. The zero-order chi connectivity index (χ0) is 16.5. The molecule has 1 aromatic heterocycles. The molecule has 1 aliphatic rings. The lowest BCUT2D eigenvalue weighted by atomic mass is 9.85. The second kappa shape index (κ2) is 6.11. The molecule has 0 N–H and O–H groups in total. The Hall–Kier alpha value is -2.62. The van der Waals surface area contributed by atoms with Crippen LogP contribution in [0.4, 0.5) is 0 Å². The predicted octanol–water partition coefficient (Wildman–Crippen LogP) is 3.01. The Labute approximate surface area is 140 Å². The van der Waals surface area contributed by atoms with Gasteiger partial charge in [-0.25, -0.2) is 4.79 Å². The van der Waals surface area contributed by atoms with Gasteiger partial charge in [0.05, 0.1) is 17.4 Å². The molecule has 0 amide bonds. The maximum Gasteiger partial charge on any atom is 0.331 e. The molecule has 1 saturated carbocycles. The molecule has 1 fully saturated rings. The Morgan fingerprint density at radius 1 is 0.875 bits per heavy atom. The molecule has 0 atom stereocenters. The van der Waals surface area contributed by atoms with Crippen molar-refractivity contribution in [3.05, 3.63) is 81.0 Å². The lowest BCUT2D eigenvalue weighted by molar-refractivity contribution is 0.274. The van der Waals surface area contributed by atoms with E-state index >= 15 is 0 Å². The Balaban J connectivity index is 1.89. The summed E-state index contributed by atoms with van der Waals surface area (Å²) in [4.78, 5) is 25.8. The van der Waals surface area contributed by atoms with Crippen molar-refractivity contribution in [2.75, 3.05) is 0 Å². The number of rotatable bonds is 4. The second-order valence-electron chi connectivity index (χ2n) is 6.58. The summed E-state index contributed by atoms with van der Waals surface area (Å²) in [6.07, 6.45) is 3.57. The van der Waals surface area contributed by atoms with Gasteiger partial charge in [-0.3, -0.25) is 13.9 Å². The highest BCUT2D eigenvalue weighted by Crippen LogP contribution is 2.28. The van der Waals surface area contributed by atoms with E-state index in [0.29, 0.717) is 24.4 Å². The third-order valence-electron chi connectivity index (χ3n) is 4.98. The molecule has 0 saturated heterocycles. The van der Waals surface area contributed by atoms with Crippen molar-refractivity contribution < 1.29 is 0 Å². The van der Waals surface area contributed by atoms with Crippen LogP contribution in [0, 0.1) is 5.92 Å². The van der Waals surface area contributed by atoms with Crippen LogP contribution >= 0.6 is 0 Å². The number of hydrogen-bond acceptors (Lipinski definition) is 2. The highest BCUT2D eigenvalue weighted by molar-refractivity contribution is 5.77. The van der Waals surface area contributed by atoms with Crippen LogP contribution in [0.15, 0.2) is 64.2 Å². The van der Waals surface area contributed by atoms with Crippen LogP contribution in [0.2, 0.25) is 0 Å². The monoisotopic (exact) mass is 320 g/mol. The third-order valence-corrected chi connectivity index (χ3v) is 4.98. The summed E-state index contributed by atoms with van der Waals surface area (Å²) in [5.74, 6) is 0.550. The summed E-state index contributed by atoms with van der Waals surface area (Å²) in [6.45, 7) is 1.02. The Morgan fingerprint density at radius 3 is 2.29 bits per heavy atom. The molecule has 1 aliphatic carbocycles. The lowest BCUT2D eigenvalue weighted by Gasteiger charge is -2.27. The average Bonchev–Trinajstić information content (AvgIpc) is 2.58. The minimum atomic E-state index is -0.204. The zero-order valence-electron chi connectivity index (χ0n) is 13.5. The van der Waals surface area contributed by atoms with E-state index in [2.05, 4.69) is 0 Å². The van der Waals surface area contributed by atoms with E-state index in [-0.39, 0.29) is 11.2 Å². The fourth-order valence-corrected chi connectivity index (χ4v) is 3.39. The molecule has 1 heterocycles. The lowest BCUT2D eigenvalue weighted by Crippen LogP contribution is -2.41. The Bertz CT molecular complexity index is 982. The molecule has 0 bridgehead atoms. The molecule has 3 aromatic rings. The molecule has 122 valence electrons. The molecule has 2 aromatic carbocycles. The first-order chi connectivity index (χ1) is 11.7. The van der Waals surface area contributed by atoms with Gasteiger partial charge in [-0.1, -0.05) is 48.9 Å². The maximum absolute atomic E-state index is 13.0. The molecular weight excluding hydrogens is 300 g/mol. The third kappa shape index (κ3) is 2.58. The molecule has 0 radical (unpaired) electrons. The topological polar surface area (TPSA) is 44.0 Å². The summed E-state index contributed by atoms with van der Waals surface area (Å²) in [5.41, 5.74) is 1.31. The molecule has 0 spiro atoms. The van der Waals surface area contributed by atoms with Crippen LogP contribution in [0.25, 0.3) is 10.9 Å². The highest BCUT2D eigenvalue weighted by atomic mass is 16.2. The molecule has 4 rings (SSSR count). The van der Waals surface area contributed by atoms with Crippen LogP contribution in [0.5, 0.6) is 0 Å². The van der Waals surface area contributed by atoms with Crippen LogP contribution < -0.4 is 11.2 Å². The van der Waals surface area contributed by atoms with Gasteiger partial charge in [0, 0.05) is 6.54 Å². The van der Waals surface area contributed by atoms with Gasteiger partial charge in [0.25, 0.3) is 5.56 Å². The first kappa shape index (κ1) is 14.9. The maximum atomic E-state index is 13.0. The van der Waals surface area contributed by atoms with Gasteiger partial charge in [0.15, 0.2) is 0 Å². The number of fused-ring (bicyclic) bond motifs is 1. The Morgan fingerprint density at radius 2 is 1.58 bits per heavy atom. The van der Waals surface area contributed by atoms with Gasteiger partial charge in [0.1, 0.15) is 0 Å². The van der Waals surface area contributed by atoms with Crippen LogP contribution in [0.1, 0.15) is 24.8 Å². The quantitative estimate of drug-likeness (QED) is 0.742. The number of nitrogens with zero attached hydrogens (tertiary/aromatic N) is 2. The average molecular weight is 320 g/mol. The van der Waals surface area contributed by atoms with Crippen molar-refractivity contribution in [3.8, 4) is 0 Å². The number of aromatic nitrogens is 2. The van der Waals surface area contributed by atoms with Crippen molar-refractivity contribution in [2.45, 2.75) is 32.4 Å². The van der Waals surface area contributed by atoms with Gasteiger partial charge in [-0.05, 0) is 36.5 Å². The van der Waals surface area contributed by atoms with Crippen molar-refractivity contribution in [1.29, 1.82) is 0 Å². The van der Waals surface area contributed by atoms with E-state index in [1.54, 1.807) is 4.57 Å². The number of para-hydroxylation sites is 1. The molecule has 4 nitrogen and oxygen atoms in total. The van der Waals surface area contributed by atoms with Crippen LogP contribution in [-0.2, 0) is 13.1 Å². The van der Waals surface area contributed by atoms with E-state index in [4.69, 9.17) is 0 Å². The van der Waals surface area contributed by atoms with Gasteiger partial charge < -0.3 is 0 Å². The SMILES string of the molecule is O=c1c2ccccc2n(CC2CCC2)c(=O)n1Cc1ccccc1. The molecule has 24 heavy (non-hydrogen) atoms. The normalized spacial score (nSPS) is 14.7. The van der Waals surface area contributed by atoms with E-state index in [1.165, 1.54) is 23.8 Å². The Kier molecular flexibility index (Phi) is 3.81. The highest BCUT2D eigenvalue weighted by Gasteiger charge is 2.21. The standard InChI is InChI=1S/C20H20N2O2/c23-19-17-11-4-5-12-18(17)21(13-16-9-6-10-16)20(24)22(19)14-15-7-2-1-3-8-15/h1-5,7-8,11-12,16H,6,9-10,13-14H2. The van der Waals surface area contributed by atoms with Crippen molar-refractivity contribution in [2.24, 2.45) is 5.92 Å². The van der Waals surface area contributed by atoms with Crippen molar-refractivity contribution >= 4 is 10.9 Å². The van der Waals surface area contributed by atoms with Gasteiger partial charge >= 0.3 is 5.69 Å². The van der Waals surface area contributed by atoms with E-state index in [9.17, 15) is 9.59 Å². The minimum Gasteiger partial charge on any atom is -0.293 e. The van der Waals surface area contributed by atoms with Crippen molar-refractivity contribution in [1.82, 2.24) is 9.13 Å². The van der Waals surface area contributed by atoms with Crippen molar-refractivity contribution in [3.63, 3.8) is 0 Å². The summed E-state index contributed by atoms with van der Waals surface area (Å²) < 4.78 is 3.17. The summed E-state index contributed by atoms with van der Waals surface area (Å²) >= 11 is 0. The second-order valence-corrected chi connectivity index (χ2v) is 6.58. The predicted molar refractivity (Wildman–Crippen MR) is 95.4 cm³/mol. The molecule has 4 heteroatoms. The number of hydrogen-bond donors (Lipinski definition) is 0. The first-order valence-corrected chi connectivity index (χ1v) is 8.50. The minimum absolute atomic E-state index is 0.200. The van der Waals surface area contributed by atoms with Crippen LogP contribution in [0.3, 0.4) is 0 Å². The van der Waals surface area contributed by atoms with E-state index < -0.39 is 0 Å². The zero-order valence-corrected chi connectivity index (χ0v) is 13.5. The van der Waals surface area contributed by atoms with Gasteiger partial charge in [0.2, 0.25) is 0 Å².